The lowest BCUT2D eigenvalue weighted by Crippen LogP contribution is -2.44. The number of hydrogen-bond donors (Lipinski definition) is 3. The molecule has 0 bridgehead atoms. The number of carbonyl (C=O) groups is 2. The molecule has 12 nitrogen and oxygen atoms in total. The van der Waals surface area contributed by atoms with E-state index in [1.165, 1.54) is 6.20 Å². The quantitative estimate of drug-likeness (QED) is 0.0554. The summed E-state index contributed by atoms with van der Waals surface area (Å²) in [5.74, 6) is 0.848. The zero-order valence-corrected chi connectivity index (χ0v) is 31.2. The highest BCUT2D eigenvalue weighted by Crippen LogP contribution is 2.37. The predicted molar refractivity (Wildman–Crippen MR) is 202 cm³/mol. The van der Waals surface area contributed by atoms with Crippen LogP contribution in [0.4, 0.5) is 0 Å². The summed E-state index contributed by atoms with van der Waals surface area (Å²) in [4.78, 5) is 28.5. The van der Waals surface area contributed by atoms with Gasteiger partial charge in [-0.15, -0.1) is 0 Å². The maximum Gasteiger partial charge on any atom is 0.320 e. The smallest absolute Gasteiger partial charge is 0.320 e. The Balaban J connectivity index is 1.31. The SMILES string of the molecule is Cc1c(COc2cc(OCc3cncc(C#N)c3)c(CN3CCCC[C@H]3C(=O)O)cc2Cl)cccc1-c1cccc(OCCCNC[C@H](O)OC=O)c1C. The Kier molecular flexibility index (Phi) is 14.6. The lowest BCUT2D eigenvalue weighted by Gasteiger charge is -2.33. The van der Waals surface area contributed by atoms with Crippen LogP contribution in [0, 0.1) is 25.2 Å². The van der Waals surface area contributed by atoms with E-state index in [1.807, 2.05) is 36.1 Å². The molecule has 5 rings (SSSR count). The van der Waals surface area contributed by atoms with E-state index >= 15 is 0 Å². The normalized spacial score (nSPS) is 14.8. The maximum atomic E-state index is 12.1. The molecule has 1 aromatic heterocycles. The number of aromatic nitrogens is 1. The predicted octanol–water partition coefficient (Wildman–Crippen LogP) is 6.34. The Bertz CT molecular complexity index is 1950. The van der Waals surface area contributed by atoms with Crippen LogP contribution < -0.4 is 19.5 Å². The molecule has 284 valence electrons. The first-order valence-electron chi connectivity index (χ1n) is 17.9. The molecule has 0 unspecified atom stereocenters. The third kappa shape index (κ3) is 10.7. The Morgan fingerprint density at radius 2 is 1.80 bits per heavy atom. The van der Waals surface area contributed by atoms with Crippen molar-refractivity contribution in [3.05, 3.63) is 105 Å². The summed E-state index contributed by atoms with van der Waals surface area (Å²) in [5.41, 5.74) is 6.94. The van der Waals surface area contributed by atoms with E-state index in [-0.39, 0.29) is 26.2 Å². The first kappa shape index (κ1) is 40.0. The van der Waals surface area contributed by atoms with Gasteiger partial charge in [-0.25, -0.2) is 0 Å². The van der Waals surface area contributed by atoms with Gasteiger partial charge in [0.15, 0.2) is 0 Å². The van der Waals surface area contributed by atoms with Gasteiger partial charge >= 0.3 is 5.97 Å². The number of aliphatic hydroxyl groups is 1. The number of piperidine rings is 1. The van der Waals surface area contributed by atoms with Gasteiger partial charge in [0.1, 0.15) is 42.6 Å². The number of ether oxygens (including phenoxy) is 4. The Morgan fingerprint density at radius 3 is 2.57 bits per heavy atom. The molecule has 1 saturated heterocycles. The van der Waals surface area contributed by atoms with Crippen LogP contribution in [0.3, 0.4) is 0 Å². The number of halogens is 1. The van der Waals surface area contributed by atoms with E-state index in [4.69, 9.17) is 25.8 Å². The van der Waals surface area contributed by atoms with Crippen LogP contribution >= 0.6 is 11.6 Å². The molecule has 1 fully saturated rings. The molecule has 2 atom stereocenters. The number of likely N-dealkylation sites (tertiary alicyclic amines) is 1. The number of rotatable bonds is 19. The van der Waals surface area contributed by atoms with E-state index in [0.717, 1.165) is 52.0 Å². The molecule has 3 aromatic carbocycles. The standard InChI is InChI=1S/C41H45ClN4O8/c1-27-31(8-5-9-33(27)34-10-6-12-37(28(34)2)51-15-7-13-44-22-40(48)54-26-47)25-53-39-18-38(52-24-30-16-29(19-43)20-45-21-30)32(17-35(39)42)23-46-14-4-3-11-36(46)41(49)50/h5-6,8-10,12,16-18,20-21,26,36,40,44,48H,3-4,7,11,13-15,22-25H2,1-2H3,(H,49,50)/t36-,40+/m0/s1. The number of benzene rings is 3. The van der Waals surface area contributed by atoms with Crippen LogP contribution in [0.1, 0.15) is 59.1 Å². The van der Waals surface area contributed by atoms with Gasteiger partial charge in [-0.2, -0.15) is 5.26 Å². The van der Waals surface area contributed by atoms with Crippen LogP contribution in [-0.4, -0.2) is 71.1 Å². The molecule has 0 amide bonds. The second-order valence-corrected chi connectivity index (χ2v) is 13.5. The van der Waals surface area contributed by atoms with Gasteiger partial charge in [0.05, 0.1) is 23.7 Å². The molecule has 0 aliphatic carbocycles. The van der Waals surface area contributed by atoms with Crippen molar-refractivity contribution >= 4 is 24.0 Å². The second-order valence-electron chi connectivity index (χ2n) is 13.1. The third-order valence-corrected chi connectivity index (χ3v) is 9.69. The highest BCUT2D eigenvalue weighted by atomic mass is 35.5. The van der Waals surface area contributed by atoms with Gasteiger partial charge < -0.3 is 34.5 Å². The summed E-state index contributed by atoms with van der Waals surface area (Å²) in [6, 6.07) is 18.8. The van der Waals surface area contributed by atoms with Crippen molar-refractivity contribution in [1.29, 1.82) is 5.26 Å². The number of hydrogen-bond acceptors (Lipinski definition) is 11. The summed E-state index contributed by atoms with van der Waals surface area (Å²) >= 11 is 6.83. The molecule has 2 heterocycles. The van der Waals surface area contributed by atoms with Crippen LogP contribution in [-0.2, 0) is 34.1 Å². The number of carboxylic acid groups (broad SMARTS) is 1. The van der Waals surface area contributed by atoms with Crippen molar-refractivity contribution in [2.24, 2.45) is 0 Å². The van der Waals surface area contributed by atoms with Crippen molar-refractivity contribution in [3.63, 3.8) is 0 Å². The summed E-state index contributed by atoms with van der Waals surface area (Å²) in [6.07, 6.45) is 4.98. The zero-order valence-electron chi connectivity index (χ0n) is 30.4. The average molecular weight is 757 g/mol. The van der Waals surface area contributed by atoms with Gasteiger partial charge in [-0.05, 0) is 92.2 Å². The lowest BCUT2D eigenvalue weighted by atomic mass is 9.93. The summed E-state index contributed by atoms with van der Waals surface area (Å²) in [5, 5.41) is 32.1. The van der Waals surface area contributed by atoms with Crippen molar-refractivity contribution in [2.45, 2.75) is 71.6 Å². The molecule has 0 radical (unpaired) electrons. The molecule has 3 N–H and O–H groups in total. The maximum absolute atomic E-state index is 12.1. The summed E-state index contributed by atoms with van der Waals surface area (Å²) < 4.78 is 23.2. The minimum Gasteiger partial charge on any atom is -0.493 e. The average Bonchev–Trinajstić information content (AvgIpc) is 3.17. The van der Waals surface area contributed by atoms with Crippen LogP contribution in [0.2, 0.25) is 5.02 Å². The summed E-state index contributed by atoms with van der Waals surface area (Å²) in [7, 11) is 0. The number of carboxylic acids is 1. The second kappa shape index (κ2) is 19.8. The number of aliphatic carboxylic acids is 1. The van der Waals surface area contributed by atoms with Crippen LogP contribution in [0.25, 0.3) is 11.1 Å². The van der Waals surface area contributed by atoms with E-state index in [0.29, 0.717) is 66.7 Å². The molecule has 4 aromatic rings. The van der Waals surface area contributed by atoms with E-state index in [1.54, 1.807) is 24.4 Å². The molecule has 13 heteroatoms. The fraction of sp³-hybridized carbons (Fsp3) is 0.366. The Labute approximate surface area is 320 Å². The Hall–Kier alpha value is -5.19. The van der Waals surface area contributed by atoms with Gasteiger partial charge in [0.2, 0.25) is 6.29 Å². The number of aliphatic hydroxyl groups excluding tert-OH is 1. The van der Waals surface area contributed by atoms with Crippen molar-refractivity contribution in [2.75, 3.05) is 26.2 Å². The number of nitrogens with one attached hydrogen (secondary N) is 1. The van der Waals surface area contributed by atoms with Crippen LogP contribution in [0.5, 0.6) is 17.2 Å². The van der Waals surface area contributed by atoms with Gasteiger partial charge in [0, 0.05) is 36.1 Å². The summed E-state index contributed by atoms with van der Waals surface area (Å²) in [6.45, 7) is 6.83. The molecule has 0 spiro atoms. The minimum atomic E-state index is -1.18. The Morgan fingerprint density at radius 1 is 1.02 bits per heavy atom. The zero-order chi connectivity index (χ0) is 38.5. The monoisotopic (exact) mass is 756 g/mol. The largest absolute Gasteiger partial charge is 0.493 e. The molecule has 54 heavy (non-hydrogen) atoms. The minimum absolute atomic E-state index is 0.140. The number of nitriles is 1. The number of nitrogens with zero attached hydrogens (tertiary/aromatic N) is 3. The topological polar surface area (TPSA) is 163 Å². The van der Waals surface area contributed by atoms with Crippen molar-refractivity contribution in [1.82, 2.24) is 15.2 Å². The first-order chi connectivity index (χ1) is 26.2. The highest BCUT2D eigenvalue weighted by molar-refractivity contribution is 6.32. The molecule has 0 saturated carbocycles. The van der Waals surface area contributed by atoms with Gasteiger partial charge in [-0.1, -0.05) is 48.4 Å². The molecule has 1 aliphatic rings. The molecule has 1 aliphatic heterocycles. The number of pyridine rings is 1. The fourth-order valence-corrected chi connectivity index (χ4v) is 6.72. The number of carbonyl (C=O) groups excluding carboxylic acids is 1. The van der Waals surface area contributed by atoms with E-state index < -0.39 is 18.3 Å². The fourth-order valence-electron chi connectivity index (χ4n) is 6.48. The molecular formula is C41H45ClN4O8. The first-order valence-corrected chi connectivity index (χ1v) is 18.2. The molecular weight excluding hydrogens is 712 g/mol. The van der Waals surface area contributed by atoms with Crippen molar-refractivity contribution < 1.29 is 38.7 Å². The van der Waals surface area contributed by atoms with Gasteiger partial charge in [-0.3, -0.25) is 19.5 Å². The van der Waals surface area contributed by atoms with E-state index in [2.05, 4.69) is 40.2 Å². The van der Waals surface area contributed by atoms with E-state index in [9.17, 15) is 25.1 Å². The third-order valence-electron chi connectivity index (χ3n) is 9.40. The van der Waals surface area contributed by atoms with Crippen molar-refractivity contribution in [3.8, 4) is 34.4 Å². The lowest BCUT2D eigenvalue weighted by molar-refractivity contribution is -0.150. The van der Waals surface area contributed by atoms with Crippen LogP contribution in [0.15, 0.2) is 67.0 Å². The van der Waals surface area contributed by atoms with Gasteiger partial charge in [0.25, 0.3) is 6.47 Å². The highest BCUT2D eigenvalue weighted by Gasteiger charge is 2.29.